The van der Waals surface area contributed by atoms with E-state index in [1.165, 1.54) is 153 Å². The molecule has 0 radical (unpaired) electrons. The Morgan fingerprint density at radius 3 is 1.76 bits per heavy atom. The van der Waals surface area contributed by atoms with Crippen LogP contribution in [-0.4, -0.2) is 112 Å². The number of likely N-dealkylation sites (N-methyl/N-ethyl adjacent to an activating group) is 1. The number of benzene rings is 1. The summed E-state index contributed by atoms with van der Waals surface area (Å²) in [6.45, 7) is 4.87. The molecular formula is C43H69N3O9. The van der Waals surface area contributed by atoms with Gasteiger partial charge in [-0.3, -0.25) is 19.3 Å². The third-order valence-corrected chi connectivity index (χ3v) is 11.7. The van der Waals surface area contributed by atoms with Crippen molar-refractivity contribution < 1.29 is 49.5 Å². The molecule has 0 aromatic heterocycles. The lowest BCUT2D eigenvalue weighted by atomic mass is 9.53. The number of amides is 1. The van der Waals surface area contributed by atoms with Crippen LogP contribution in [0.25, 0.3) is 5.76 Å². The number of hydrogen-bond donors (Lipinski definition) is 6. The third-order valence-electron chi connectivity index (χ3n) is 11.7. The van der Waals surface area contributed by atoms with Crippen molar-refractivity contribution in [3.8, 4) is 5.75 Å². The maximum atomic E-state index is 13.6. The summed E-state index contributed by atoms with van der Waals surface area (Å²) in [4.78, 5) is 39.8. The fourth-order valence-electron chi connectivity index (χ4n) is 8.71. The molecule has 0 spiro atoms. The number of ketones is 2. The normalized spacial score (nSPS) is 26.4. The van der Waals surface area contributed by atoms with Crippen LogP contribution in [0.2, 0.25) is 0 Å². The number of nitrogens with two attached hydrogens (primary N) is 1. The summed E-state index contributed by atoms with van der Waals surface area (Å²) in [5, 5.41) is 68.6. The molecule has 3 aliphatic carbocycles. The number of carbonyl (C=O) groups is 3. The number of phenolic OH excluding ortho intramolecular Hbond substituents is 1. The van der Waals surface area contributed by atoms with E-state index in [1.807, 2.05) is 0 Å². The summed E-state index contributed by atoms with van der Waals surface area (Å²) in [7, 11) is 9.65. The highest BCUT2D eigenvalue weighted by Gasteiger charge is 2.67. The lowest BCUT2D eigenvalue weighted by Gasteiger charge is -2.57. The fourth-order valence-corrected chi connectivity index (χ4v) is 8.71. The fraction of sp³-hybridized carbons (Fsp3) is 0.698. The summed E-state index contributed by atoms with van der Waals surface area (Å²) >= 11 is 0. The van der Waals surface area contributed by atoms with E-state index in [0.29, 0.717) is 0 Å². The molecular weight excluding hydrogens is 702 g/mol. The number of carbonyl (C=O) groups excluding carboxylic acids is 3. The van der Waals surface area contributed by atoms with Gasteiger partial charge in [0.2, 0.25) is 0 Å². The average Bonchev–Trinajstić information content (AvgIpc) is 3.09. The molecule has 12 heteroatoms. The molecule has 1 fully saturated rings. The smallest absolute Gasteiger partial charge is 0.251 e. The van der Waals surface area contributed by atoms with Crippen molar-refractivity contribution in [2.24, 2.45) is 17.6 Å². The van der Waals surface area contributed by atoms with Crippen molar-refractivity contribution in [1.82, 2.24) is 4.90 Å². The van der Waals surface area contributed by atoms with E-state index >= 15 is 0 Å². The van der Waals surface area contributed by atoms with E-state index in [2.05, 4.69) is 28.1 Å². The van der Waals surface area contributed by atoms with E-state index in [-0.39, 0.29) is 11.1 Å². The zero-order valence-electron chi connectivity index (χ0n) is 34.4. The second-order valence-corrected chi connectivity index (χ2v) is 17.4. The van der Waals surface area contributed by atoms with Crippen molar-refractivity contribution >= 4 is 23.2 Å². The zero-order valence-corrected chi connectivity index (χ0v) is 34.4. The minimum Gasteiger partial charge on any atom is -0.873 e. The Morgan fingerprint density at radius 2 is 1.33 bits per heavy atom. The average molecular weight is 772 g/mol. The van der Waals surface area contributed by atoms with Crippen LogP contribution in [0.15, 0.2) is 35.1 Å². The van der Waals surface area contributed by atoms with Gasteiger partial charge in [-0.25, -0.2) is 0 Å². The maximum Gasteiger partial charge on any atom is 0.251 e. The van der Waals surface area contributed by atoms with Crippen molar-refractivity contribution in [1.29, 1.82) is 0 Å². The van der Waals surface area contributed by atoms with Crippen LogP contribution in [0.5, 0.6) is 5.75 Å². The lowest BCUT2D eigenvalue weighted by molar-refractivity contribution is -0.870. The van der Waals surface area contributed by atoms with Crippen LogP contribution in [0, 0.1) is 11.8 Å². The number of unbranched alkanes of at least 4 members (excludes halogenated alkanes) is 15. The molecule has 1 saturated carbocycles. The van der Waals surface area contributed by atoms with Gasteiger partial charge in [0.15, 0.2) is 11.6 Å². The number of aliphatic hydroxyl groups excluding tert-OH is 2. The van der Waals surface area contributed by atoms with Gasteiger partial charge in [0.05, 0.1) is 62.5 Å². The molecule has 1 amide bonds. The molecule has 3 aliphatic rings. The van der Waals surface area contributed by atoms with Crippen molar-refractivity contribution in [3.63, 3.8) is 0 Å². The molecule has 310 valence electrons. The SMILES string of the molecule is CCCCCCCCCCCCCCCCCC[N+](C)(C)C.CN(C)[C@@H]1C(=O)C(C(N)=O)=C([O-])[C@@]2(O)C(=O)C3=C(O)c4c(O)cccc4[C@@](C)(O)[C@H]3[C@H](O)[C@@H]12. The maximum absolute atomic E-state index is 13.6. The summed E-state index contributed by atoms with van der Waals surface area (Å²) in [5.41, 5.74) is -2.13. The highest BCUT2D eigenvalue weighted by Crippen LogP contribution is 2.57. The zero-order chi connectivity index (χ0) is 41.3. The van der Waals surface area contributed by atoms with Crippen molar-refractivity contribution in [2.45, 2.75) is 140 Å². The second kappa shape index (κ2) is 19.7. The first kappa shape index (κ1) is 46.1. The lowest BCUT2D eigenvalue weighted by Crippen LogP contribution is -2.73. The molecule has 12 nitrogen and oxygen atoms in total. The summed E-state index contributed by atoms with van der Waals surface area (Å²) in [5.74, 6) is -10.2. The molecule has 55 heavy (non-hydrogen) atoms. The van der Waals surface area contributed by atoms with Crippen LogP contribution in [-0.2, 0) is 20.0 Å². The number of primary amides is 1. The third kappa shape index (κ3) is 10.4. The largest absolute Gasteiger partial charge is 0.873 e. The van der Waals surface area contributed by atoms with Gasteiger partial charge in [-0.15, -0.1) is 0 Å². The van der Waals surface area contributed by atoms with Crippen molar-refractivity contribution in [2.75, 3.05) is 41.8 Å². The number of phenols is 1. The number of fused-ring (bicyclic) bond motifs is 3. The van der Waals surface area contributed by atoms with Gasteiger partial charge in [0.25, 0.3) is 5.91 Å². The topological polar surface area (TPSA) is 205 Å². The van der Waals surface area contributed by atoms with Gasteiger partial charge in [-0.1, -0.05) is 115 Å². The van der Waals surface area contributed by atoms with Crippen LogP contribution in [0.1, 0.15) is 128 Å². The number of aliphatic hydroxyl groups is 4. The highest BCUT2D eigenvalue weighted by molar-refractivity contribution is 6.24. The highest BCUT2D eigenvalue weighted by atomic mass is 16.4. The quantitative estimate of drug-likeness (QED) is 0.0667. The Balaban J connectivity index is 0.000000324. The Kier molecular flexibility index (Phi) is 16.5. The molecule has 6 atom stereocenters. The number of Topliss-reactive ketones (excluding diaryl/α,β-unsaturated/α-hetero) is 2. The van der Waals surface area contributed by atoms with Gasteiger partial charge in [-0.05, 0) is 45.5 Å². The van der Waals surface area contributed by atoms with Gasteiger partial charge in [0.1, 0.15) is 17.1 Å². The van der Waals surface area contributed by atoms with E-state index in [1.54, 1.807) is 0 Å². The molecule has 0 saturated heterocycles. The molecule has 1 aromatic carbocycles. The van der Waals surface area contributed by atoms with Gasteiger partial charge >= 0.3 is 0 Å². The Hall–Kier alpha value is -3.29. The molecule has 7 N–H and O–H groups in total. The molecule has 0 aliphatic heterocycles. The number of quaternary nitrogens is 1. The first-order chi connectivity index (χ1) is 25.8. The molecule has 0 unspecified atom stereocenters. The molecule has 4 rings (SSSR count). The van der Waals surface area contributed by atoms with Crippen LogP contribution < -0.4 is 10.8 Å². The van der Waals surface area contributed by atoms with Gasteiger partial charge < -0.3 is 40.9 Å². The van der Waals surface area contributed by atoms with Gasteiger partial charge in [0, 0.05) is 11.5 Å². The summed E-state index contributed by atoms with van der Waals surface area (Å²) in [6, 6.07) is 2.43. The van der Waals surface area contributed by atoms with E-state index in [0.717, 1.165) is 4.48 Å². The predicted molar refractivity (Wildman–Crippen MR) is 211 cm³/mol. The van der Waals surface area contributed by atoms with Crippen molar-refractivity contribution in [3.05, 3.63) is 46.2 Å². The van der Waals surface area contributed by atoms with Crippen LogP contribution in [0.4, 0.5) is 0 Å². The van der Waals surface area contributed by atoms with Crippen LogP contribution >= 0.6 is 0 Å². The summed E-state index contributed by atoms with van der Waals surface area (Å²) in [6.07, 6.45) is 21.4. The minimum atomic E-state index is -3.13. The number of rotatable bonds is 19. The van der Waals surface area contributed by atoms with E-state index in [9.17, 15) is 45.0 Å². The Labute approximate surface area is 328 Å². The monoisotopic (exact) mass is 772 g/mol. The first-order valence-electron chi connectivity index (χ1n) is 20.4. The number of nitrogens with zero attached hydrogens (tertiary/aromatic N) is 2. The second-order valence-electron chi connectivity index (χ2n) is 17.4. The summed E-state index contributed by atoms with van der Waals surface area (Å²) < 4.78 is 1.12. The standard InChI is InChI=1S/C22H24N2O9.C21H46N/c1-21(32)7-5-4-6-8(25)9(7)15(26)10-12(21)17(28)13-14(24(2)3)16(27)11(20(23)31)19(30)22(13,33)18(10)29;1-5-6-7-8-9-10-11-12-13-14-15-16-17-18-19-20-21-22(2,3)4/h4-6,12-14,17,25-26,28,30,32-33H,1-3H3,(H2,23,31);5-21H2,1-4H3/q;+1/p-1/t12-,13-,14+,17+,21-,22+;/m1./s1. The predicted octanol–water partition coefficient (Wildman–Crippen LogP) is 4.36. The Bertz CT molecular complexity index is 1560. The van der Waals surface area contributed by atoms with E-state index < -0.39 is 81.1 Å². The number of aromatic hydroxyl groups is 1. The van der Waals surface area contributed by atoms with Crippen LogP contribution in [0.3, 0.4) is 0 Å². The molecule has 0 bridgehead atoms. The molecule has 1 aromatic rings. The minimum absolute atomic E-state index is 0.00899. The first-order valence-corrected chi connectivity index (χ1v) is 20.4. The molecule has 0 heterocycles. The number of hydrogen-bond acceptors (Lipinski definition) is 10. The Morgan fingerprint density at radius 1 is 0.855 bits per heavy atom. The van der Waals surface area contributed by atoms with Gasteiger partial charge in [-0.2, -0.15) is 0 Å². The van der Waals surface area contributed by atoms with E-state index in [4.69, 9.17) is 5.73 Å².